The van der Waals surface area contributed by atoms with E-state index in [-0.39, 0.29) is 11.4 Å². The van der Waals surface area contributed by atoms with Crippen molar-refractivity contribution in [2.75, 3.05) is 0 Å². The lowest BCUT2D eigenvalue weighted by Crippen LogP contribution is -2.19. The number of pyridine rings is 1. The van der Waals surface area contributed by atoms with Gasteiger partial charge in [0.2, 0.25) is 5.91 Å². The lowest BCUT2D eigenvalue weighted by atomic mass is 10.2. The average Bonchev–Trinajstić information content (AvgIpc) is 2.65. The number of rotatable bonds is 3. The highest BCUT2D eigenvalue weighted by molar-refractivity contribution is 6.31. The molecule has 0 aliphatic heterocycles. The molecule has 3 N–H and O–H groups in total. The third kappa shape index (κ3) is 2.68. The fourth-order valence-electron chi connectivity index (χ4n) is 1.83. The number of primary amides is 1. The number of halogens is 1. The second kappa shape index (κ2) is 4.89. The van der Waals surface area contributed by atoms with Crippen LogP contribution >= 0.6 is 11.6 Å². The lowest BCUT2D eigenvalue weighted by Gasteiger charge is -2.07. The van der Waals surface area contributed by atoms with Gasteiger partial charge in [-0.05, 0) is 31.5 Å². The summed E-state index contributed by atoms with van der Waals surface area (Å²) in [5, 5.41) is 4.38. The molecule has 0 radical (unpaired) electrons. The first kappa shape index (κ1) is 13.4. The van der Waals surface area contributed by atoms with E-state index in [0.29, 0.717) is 17.1 Å². The van der Waals surface area contributed by atoms with Gasteiger partial charge < -0.3 is 10.7 Å². The van der Waals surface area contributed by atoms with E-state index in [1.54, 1.807) is 26.0 Å². The second-order valence-electron chi connectivity index (χ2n) is 4.31. The Bertz CT molecular complexity index is 702. The van der Waals surface area contributed by atoms with E-state index >= 15 is 0 Å². The van der Waals surface area contributed by atoms with Gasteiger partial charge in [-0.2, -0.15) is 5.10 Å². The topological polar surface area (TPSA) is 93.8 Å². The summed E-state index contributed by atoms with van der Waals surface area (Å²) in [5.41, 5.74) is 6.78. The number of aryl methyl sites for hydroxylation is 2. The van der Waals surface area contributed by atoms with Gasteiger partial charge in [0.1, 0.15) is 10.8 Å². The molecular formula is C12H13ClN4O2. The first-order chi connectivity index (χ1) is 8.88. The fraction of sp³-hybridized carbons (Fsp3) is 0.250. The van der Waals surface area contributed by atoms with Gasteiger partial charge in [-0.3, -0.25) is 9.59 Å². The lowest BCUT2D eigenvalue weighted by molar-refractivity contribution is -0.117. The number of carbonyl (C=O) groups excluding carboxylic acids is 1. The van der Waals surface area contributed by atoms with Gasteiger partial charge in [-0.15, -0.1) is 0 Å². The van der Waals surface area contributed by atoms with Crippen molar-refractivity contribution in [1.29, 1.82) is 0 Å². The Morgan fingerprint density at radius 1 is 1.47 bits per heavy atom. The predicted octanol–water partition coefficient (Wildman–Crippen LogP) is 0.859. The molecule has 0 saturated carbocycles. The molecule has 7 heteroatoms. The molecule has 0 unspecified atom stereocenters. The molecule has 0 saturated heterocycles. The number of aromatic nitrogens is 3. The molecule has 2 aromatic heterocycles. The molecule has 0 fully saturated rings. The Balaban J connectivity index is 2.58. The molecule has 100 valence electrons. The first-order valence-electron chi connectivity index (χ1n) is 5.62. The zero-order valence-corrected chi connectivity index (χ0v) is 11.3. The number of aromatic amines is 1. The van der Waals surface area contributed by atoms with Gasteiger partial charge in [0.15, 0.2) is 0 Å². The van der Waals surface area contributed by atoms with E-state index in [4.69, 9.17) is 17.3 Å². The number of nitrogens with zero attached hydrogens (tertiary/aromatic N) is 2. The molecule has 0 aromatic carbocycles. The van der Waals surface area contributed by atoms with Crippen molar-refractivity contribution in [3.63, 3.8) is 0 Å². The summed E-state index contributed by atoms with van der Waals surface area (Å²) in [6.07, 6.45) is 0.0462. The number of nitrogens with two attached hydrogens (primary N) is 1. The average molecular weight is 281 g/mol. The molecule has 2 heterocycles. The standard InChI is InChI=1S/C12H13ClN4O2/c1-6-3-10(15-12(19)11(6)13)17-8(5-9(14)18)4-7(2)16-17/h3-4H,5H2,1-2H3,(H2,14,18)(H,15,19). The zero-order chi connectivity index (χ0) is 14.2. The molecule has 2 aromatic rings. The van der Waals surface area contributed by atoms with Crippen LogP contribution < -0.4 is 11.3 Å². The number of hydrogen-bond acceptors (Lipinski definition) is 3. The Kier molecular flexibility index (Phi) is 3.44. The van der Waals surface area contributed by atoms with Crippen LogP contribution in [0.5, 0.6) is 0 Å². The maximum Gasteiger partial charge on any atom is 0.268 e. The fourth-order valence-corrected chi connectivity index (χ4v) is 1.94. The van der Waals surface area contributed by atoms with Crippen LogP contribution in [0.25, 0.3) is 5.82 Å². The molecule has 0 aliphatic carbocycles. The van der Waals surface area contributed by atoms with Gasteiger partial charge in [0.05, 0.1) is 17.8 Å². The normalized spacial score (nSPS) is 10.7. The van der Waals surface area contributed by atoms with Crippen molar-refractivity contribution in [3.05, 3.63) is 44.5 Å². The van der Waals surface area contributed by atoms with Gasteiger partial charge in [0.25, 0.3) is 5.56 Å². The van der Waals surface area contributed by atoms with Crippen LogP contribution in [0.2, 0.25) is 5.02 Å². The second-order valence-corrected chi connectivity index (χ2v) is 4.69. The van der Waals surface area contributed by atoms with Crippen molar-refractivity contribution >= 4 is 17.5 Å². The van der Waals surface area contributed by atoms with Crippen molar-refractivity contribution < 1.29 is 4.79 Å². The third-order valence-electron chi connectivity index (χ3n) is 2.63. The van der Waals surface area contributed by atoms with Gasteiger partial charge >= 0.3 is 0 Å². The van der Waals surface area contributed by atoms with Crippen LogP contribution in [0.15, 0.2) is 16.9 Å². The molecule has 6 nitrogen and oxygen atoms in total. The summed E-state index contributed by atoms with van der Waals surface area (Å²) in [5.74, 6) is -0.00886. The summed E-state index contributed by atoms with van der Waals surface area (Å²) in [6.45, 7) is 3.52. The van der Waals surface area contributed by atoms with Crippen LogP contribution in [0, 0.1) is 13.8 Å². The number of amides is 1. The van der Waals surface area contributed by atoms with E-state index in [1.165, 1.54) is 4.68 Å². The highest BCUT2D eigenvalue weighted by Gasteiger charge is 2.12. The van der Waals surface area contributed by atoms with E-state index in [9.17, 15) is 9.59 Å². The minimum Gasteiger partial charge on any atom is -0.369 e. The maximum absolute atomic E-state index is 11.7. The summed E-state index contributed by atoms with van der Waals surface area (Å²) in [7, 11) is 0. The van der Waals surface area contributed by atoms with Crippen molar-refractivity contribution in [2.45, 2.75) is 20.3 Å². The SMILES string of the molecule is Cc1cc(CC(N)=O)n(-c2cc(C)c(Cl)c(=O)[nH]2)n1. The maximum atomic E-state index is 11.7. The van der Waals surface area contributed by atoms with Crippen LogP contribution in [-0.2, 0) is 11.2 Å². The molecule has 2 rings (SSSR count). The quantitative estimate of drug-likeness (QED) is 0.873. The molecule has 19 heavy (non-hydrogen) atoms. The van der Waals surface area contributed by atoms with Gasteiger partial charge in [-0.1, -0.05) is 11.6 Å². The van der Waals surface area contributed by atoms with Crippen LogP contribution in [0.4, 0.5) is 0 Å². The largest absolute Gasteiger partial charge is 0.369 e. The zero-order valence-electron chi connectivity index (χ0n) is 10.5. The molecule has 1 amide bonds. The van der Waals surface area contributed by atoms with Gasteiger partial charge in [0, 0.05) is 0 Å². The summed E-state index contributed by atoms with van der Waals surface area (Å²) >= 11 is 5.82. The smallest absolute Gasteiger partial charge is 0.268 e. The highest BCUT2D eigenvalue weighted by atomic mass is 35.5. The summed E-state index contributed by atoms with van der Waals surface area (Å²) < 4.78 is 1.49. The molecular weight excluding hydrogens is 268 g/mol. The van der Waals surface area contributed by atoms with Crippen molar-refractivity contribution in [2.24, 2.45) is 5.73 Å². The minimum absolute atomic E-state index is 0.0462. The number of H-pyrrole nitrogens is 1. The van der Waals surface area contributed by atoms with E-state index < -0.39 is 11.5 Å². The number of hydrogen-bond donors (Lipinski definition) is 2. The summed E-state index contributed by atoms with van der Waals surface area (Å²) in [4.78, 5) is 25.3. The van der Waals surface area contributed by atoms with Crippen LogP contribution in [0.1, 0.15) is 17.0 Å². The molecule has 0 aliphatic rings. The van der Waals surface area contributed by atoms with Crippen molar-refractivity contribution in [1.82, 2.24) is 14.8 Å². The Hall–Kier alpha value is -2.08. The predicted molar refractivity (Wildman–Crippen MR) is 71.6 cm³/mol. The number of nitrogens with one attached hydrogen (secondary N) is 1. The Morgan fingerprint density at radius 2 is 2.16 bits per heavy atom. The van der Waals surface area contributed by atoms with Crippen molar-refractivity contribution in [3.8, 4) is 5.82 Å². The number of carbonyl (C=O) groups is 1. The minimum atomic E-state index is -0.464. The molecule has 0 bridgehead atoms. The van der Waals surface area contributed by atoms with Crippen LogP contribution in [0.3, 0.4) is 0 Å². The molecule has 0 atom stereocenters. The Morgan fingerprint density at radius 3 is 2.74 bits per heavy atom. The van der Waals surface area contributed by atoms with E-state index in [2.05, 4.69) is 10.1 Å². The Labute approximate surface area is 114 Å². The van der Waals surface area contributed by atoms with Gasteiger partial charge in [-0.25, -0.2) is 4.68 Å². The first-order valence-corrected chi connectivity index (χ1v) is 6.00. The summed E-state index contributed by atoms with van der Waals surface area (Å²) in [6, 6.07) is 3.44. The van der Waals surface area contributed by atoms with Crippen LogP contribution in [-0.4, -0.2) is 20.7 Å². The monoisotopic (exact) mass is 280 g/mol. The third-order valence-corrected chi connectivity index (χ3v) is 3.10. The highest BCUT2D eigenvalue weighted by Crippen LogP contribution is 2.15. The van der Waals surface area contributed by atoms with E-state index in [0.717, 1.165) is 5.69 Å². The molecule has 0 spiro atoms. The van der Waals surface area contributed by atoms with E-state index in [1.807, 2.05) is 0 Å².